The minimum Gasteiger partial charge on any atom is -0.332 e. The molecule has 2 aromatic carbocycles. The second-order valence-corrected chi connectivity index (χ2v) is 8.19. The minimum absolute atomic E-state index is 0.0534. The van der Waals surface area contributed by atoms with Crippen LogP contribution < -0.4 is 20.9 Å². The number of sulfonamides is 2. The topological polar surface area (TPSA) is 144 Å². The van der Waals surface area contributed by atoms with Gasteiger partial charge in [0.2, 0.25) is 20.0 Å². The van der Waals surface area contributed by atoms with Crippen molar-refractivity contribution in [3.05, 3.63) is 48.5 Å². The highest BCUT2D eigenvalue weighted by Gasteiger charge is 2.18. The van der Waals surface area contributed by atoms with Gasteiger partial charge < -0.3 is 10.6 Å². The number of nitrogens with one attached hydrogen (secondary N) is 2. The summed E-state index contributed by atoms with van der Waals surface area (Å²) in [5.74, 6) is 0. The Morgan fingerprint density at radius 3 is 2.04 bits per heavy atom. The second-order valence-electron chi connectivity index (χ2n) is 4.69. The summed E-state index contributed by atoms with van der Waals surface area (Å²) < 4.78 is 46.2. The van der Waals surface area contributed by atoms with Gasteiger partial charge in [0.05, 0.1) is 10.6 Å². The van der Waals surface area contributed by atoms with E-state index in [0.717, 1.165) is 18.2 Å². The molecule has 0 aliphatic rings. The predicted molar refractivity (Wildman–Crippen MR) is 95.5 cm³/mol. The molecule has 0 aromatic heterocycles. The maximum absolute atomic E-state index is 11.6. The average molecular weight is 386 g/mol. The monoisotopic (exact) mass is 386 g/mol. The van der Waals surface area contributed by atoms with E-state index >= 15 is 0 Å². The summed E-state index contributed by atoms with van der Waals surface area (Å²) in [6.07, 6.45) is 0. The Balaban J connectivity index is 2.38. The molecule has 0 spiro atoms. The predicted octanol–water partition coefficient (Wildman–Crippen LogP) is 0.790. The zero-order valence-electron chi connectivity index (χ0n) is 12.1. The quantitative estimate of drug-likeness (QED) is 0.569. The molecular formula is C13H14N4O4S3. The molecule has 8 nitrogen and oxygen atoms in total. The van der Waals surface area contributed by atoms with Crippen molar-refractivity contribution in [3.8, 4) is 0 Å². The lowest BCUT2D eigenvalue weighted by atomic mass is 10.3. The normalized spacial score (nSPS) is 11.8. The Labute approximate surface area is 145 Å². The van der Waals surface area contributed by atoms with Crippen LogP contribution in [0.15, 0.2) is 58.3 Å². The third kappa shape index (κ3) is 4.72. The number of benzene rings is 2. The van der Waals surface area contributed by atoms with Gasteiger partial charge >= 0.3 is 0 Å². The van der Waals surface area contributed by atoms with Crippen molar-refractivity contribution in [3.63, 3.8) is 0 Å². The van der Waals surface area contributed by atoms with Gasteiger partial charge in [0.1, 0.15) is 4.90 Å². The number of para-hydroxylation sites is 1. The smallest absolute Gasteiger partial charge is 0.240 e. The summed E-state index contributed by atoms with van der Waals surface area (Å²) in [5, 5.41) is 15.7. The van der Waals surface area contributed by atoms with E-state index in [4.69, 9.17) is 22.5 Å². The number of hydrogen-bond donors (Lipinski definition) is 4. The molecule has 0 bridgehead atoms. The van der Waals surface area contributed by atoms with E-state index in [1.807, 2.05) is 6.07 Å². The van der Waals surface area contributed by atoms with Crippen LogP contribution in [-0.2, 0) is 20.0 Å². The number of thiocarbonyl (C=S) groups is 1. The van der Waals surface area contributed by atoms with Crippen molar-refractivity contribution in [1.29, 1.82) is 0 Å². The summed E-state index contributed by atoms with van der Waals surface area (Å²) in [7, 11) is -8.12. The molecule has 0 atom stereocenters. The molecule has 0 aliphatic carbocycles. The van der Waals surface area contributed by atoms with Crippen molar-refractivity contribution in [2.45, 2.75) is 9.79 Å². The van der Waals surface area contributed by atoms with E-state index in [2.05, 4.69) is 10.6 Å². The van der Waals surface area contributed by atoms with Crippen LogP contribution in [0.1, 0.15) is 0 Å². The first-order valence-electron chi connectivity index (χ1n) is 6.40. The van der Waals surface area contributed by atoms with Crippen LogP contribution in [0.3, 0.4) is 0 Å². The highest BCUT2D eigenvalue weighted by Crippen LogP contribution is 2.24. The van der Waals surface area contributed by atoms with Gasteiger partial charge in [0, 0.05) is 5.69 Å². The Hall–Kier alpha value is -2.05. The molecule has 0 aliphatic heterocycles. The lowest BCUT2D eigenvalue weighted by Gasteiger charge is -2.14. The van der Waals surface area contributed by atoms with Crippen LogP contribution in [0.4, 0.5) is 11.4 Å². The van der Waals surface area contributed by atoms with Crippen molar-refractivity contribution < 1.29 is 16.8 Å². The van der Waals surface area contributed by atoms with E-state index in [-0.39, 0.29) is 20.6 Å². The average Bonchev–Trinajstić information content (AvgIpc) is 2.46. The first-order chi connectivity index (χ1) is 11.1. The molecule has 24 heavy (non-hydrogen) atoms. The highest BCUT2D eigenvalue weighted by molar-refractivity contribution is 7.89. The maximum Gasteiger partial charge on any atom is 0.240 e. The summed E-state index contributed by atoms with van der Waals surface area (Å²) in [5.41, 5.74) is 0.562. The van der Waals surface area contributed by atoms with Gasteiger partial charge in [-0.25, -0.2) is 27.1 Å². The van der Waals surface area contributed by atoms with Gasteiger partial charge in [-0.15, -0.1) is 0 Å². The van der Waals surface area contributed by atoms with Gasteiger partial charge in [-0.3, -0.25) is 0 Å². The molecule has 0 saturated carbocycles. The molecule has 0 heterocycles. The van der Waals surface area contributed by atoms with Crippen LogP contribution in [0.5, 0.6) is 0 Å². The molecule has 128 valence electrons. The molecule has 0 unspecified atom stereocenters. The summed E-state index contributed by atoms with van der Waals surface area (Å²) >= 11 is 5.10. The van der Waals surface area contributed by atoms with Crippen LogP contribution in [-0.4, -0.2) is 21.9 Å². The summed E-state index contributed by atoms with van der Waals surface area (Å²) in [6, 6.07) is 12.0. The number of hydrogen-bond acceptors (Lipinski definition) is 5. The zero-order chi connectivity index (χ0) is 18.0. The van der Waals surface area contributed by atoms with E-state index in [0.29, 0.717) is 5.69 Å². The molecule has 0 radical (unpaired) electrons. The fraction of sp³-hybridized carbons (Fsp3) is 0. The van der Waals surface area contributed by atoms with Gasteiger partial charge in [-0.2, -0.15) is 0 Å². The molecule has 0 saturated heterocycles. The lowest BCUT2D eigenvalue weighted by molar-refractivity contribution is 0.594. The first-order valence-corrected chi connectivity index (χ1v) is 9.90. The molecule has 2 rings (SSSR count). The third-order valence-corrected chi connectivity index (χ3v) is 4.95. The Kier molecular flexibility index (Phi) is 5.20. The van der Waals surface area contributed by atoms with Crippen molar-refractivity contribution in [1.82, 2.24) is 0 Å². The maximum atomic E-state index is 11.6. The highest BCUT2D eigenvalue weighted by atomic mass is 32.2. The second kappa shape index (κ2) is 6.83. The molecular weight excluding hydrogens is 372 g/mol. The number of anilines is 2. The fourth-order valence-corrected chi connectivity index (χ4v) is 3.28. The van der Waals surface area contributed by atoms with Gasteiger partial charge in [-0.1, -0.05) is 18.2 Å². The van der Waals surface area contributed by atoms with Gasteiger partial charge in [-0.05, 0) is 42.5 Å². The van der Waals surface area contributed by atoms with Gasteiger partial charge in [0.25, 0.3) is 0 Å². The number of primary sulfonamides is 2. The van der Waals surface area contributed by atoms with E-state index in [9.17, 15) is 16.8 Å². The number of nitrogens with two attached hydrogens (primary N) is 2. The summed E-state index contributed by atoms with van der Waals surface area (Å²) in [6.45, 7) is 0. The van der Waals surface area contributed by atoms with Crippen LogP contribution >= 0.6 is 12.2 Å². The van der Waals surface area contributed by atoms with Crippen molar-refractivity contribution in [2.24, 2.45) is 10.3 Å². The van der Waals surface area contributed by atoms with E-state index in [1.165, 1.54) is 0 Å². The standard InChI is InChI=1S/C13H14N4O4S3/c14-23(18,19)10-6-7-12(24(15,20)21)11(8-10)17-13(22)16-9-4-2-1-3-5-9/h1-8H,(H2,14,18,19)(H2,15,20,21)(H2,16,17,22). The minimum atomic E-state index is -4.10. The van der Waals surface area contributed by atoms with Crippen LogP contribution in [0.2, 0.25) is 0 Å². The van der Waals surface area contributed by atoms with Crippen LogP contribution in [0.25, 0.3) is 0 Å². The fourth-order valence-electron chi connectivity index (χ4n) is 1.84. The van der Waals surface area contributed by atoms with Crippen LogP contribution in [0, 0.1) is 0 Å². The zero-order valence-corrected chi connectivity index (χ0v) is 14.6. The molecule has 0 fully saturated rings. The van der Waals surface area contributed by atoms with Gasteiger partial charge in [0.15, 0.2) is 5.11 Å². The van der Waals surface area contributed by atoms with Crippen molar-refractivity contribution >= 4 is 48.8 Å². The van der Waals surface area contributed by atoms with E-state index in [1.54, 1.807) is 24.3 Å². The lowest BCUT2D eigenvalue weighted by Crippen LogP contribution is -2.23. The van der Waals surface area contributed by atoms with E-state index < -0.39 is 20.0 Å². The SMILES string of the molecule is NS(=O)(=O)c1ccc(S(N)(=O)=O)c(NC(=S)Nc2ccccc2)c1. The van der Waals surface area contributed by atoms with Crippen molar-refractivity contribution in [2.75, 3.05) is 10.6 Å². The molecule has 6 N–H and O–H groups in total. The Morgan fingerprint density at radius 2 is 1.50 bits per heavy atom. The first kappa shape index (κ1) is 18.3. The molecule has 2 aromatic rings. The molecule has 0 amide bonds. The third-order valence-electron chi connectivity index (χ3n) is 2.87. The Morgan fingerprint density at radius 1 is 0.875 bits per heavy atom. The molecule has 11 heteroatoms. The Bertz CT molecular complexity index is 974. The summed E-state index contributed by atoms with van der Waals surface area (Å²) in [4.78, 5) is -0.591. The largest absolute Gasteiger partial charge is 0.332 e. The number of rotatable bonds is 4.